The van der Waals surface area contributed by atoms with Crippen LogP contribution in [0.1, 0.15) is 48.8 Å². The van der Waals surface area contributed by atoms with Gasteiger partial charge in [0.25, 0.3) is 5.91 Å². The normalized spacial score (nSPS) is 19.9. The highest BCUT2D eigenvalue weighted by molar-refractivity contribution is 6.47. The van der Waals surface area contributed by atoms with E-state index >= 15 is 0 Å². The Bertz CT molecular complexity index is 1000. The Kier molecular flexibility index (Phi) is 4.86. The van der Waals surface area contributed by atoms with Gasteiger partial charge in [-0.1, -0.05) is 54.4 Å². The number of hydrogen-bond donors (Lipinski definition) is 0. The van der Waals surface area contributed by atoms with Gasteiger partial charge in [0, 0.05) is 23.7 Å². The number of rotatable bonds is 3. The largest absolute Gasteiger partial charge is 0.332 e. The van der Waals surface area contributed by atoms with Crippen molar-refractivity contribution in [3.05, 3.63) is 70.2 Å². The summed E-state index contributed by atoms with van der Waals surface area (Å²) in [6.07, 6.45) is 4.80. The number of fused-ring (bicyclic) bond motifs is 1. The molecule has 0 bridgehead atoms. The fraction of sp³-hybridized carbons (Fsp3) is 0.375. The fourth-order valence-corrected chi connectivity index (χ4v) is 5.02. The third-order valence-corrected chi connectivity index (χ3v) is 6.78. The van der Waals surface area contributed by atoms with E-state index in [2.05, 4.69) is 12.1 Å². The second-order valence-electron chi connectivity index (χ2n) is 8.42. The Balaban J connectivity index is 1.40. The molecular weight excluding hydrogens is 398 g/mol. The third kappa shape index (κ3) is 3.31. The molecule has 5 rings (SSSR count). The number of halogens is 1. The predicted molar refractivity (Wildman–Crippen MR) is 116 cm³/mol. The lowest BCUT2D eigenvalue weighted by molar-refractivity contribution is -0.141. The van der Waals surface area contributed by atoms with Crippen LogP contribution in [-0.4, -0.2) is 39.5 Å². The molecule has 154 valence electrons. The Labute approximate surface area is 181 Å². The zero-order valence-electron chi connectivity index (χ0n) is 16.8. The van der Waals surface area contributed by atoms with Crippen LogP contribution in [0.25, 0.3) is 0 Å². The highest BCUT2D eigenvalue weighted by atomic mass is 35.5. The summed E-state index contributed by atoms with van der Waals surface area (Å²) < 4.78 is 0. The first kappa shape index (κ1) is 19.3. The van der Waals surface area contributed by atoms with Gasteiger partial charge < -0.3 is 9.80 Å². The Morgan fingerprint density at radius 1 is 0.967 bits per heavy atom. The summed E-state index contributed by atoms with van der Waals surface area (Å²) in [5.74, 6) is -0.165. The second-order valence-corrected chi connectivity index (χ2v) is 8.86. The van der Waals surface area contributed by atoms with Crippen LogP contribution in [0.3, 0.4) is 0 Å². The molecule has 1 fully saturated rings. The van der Waals surface area contributed by atoms with Crippen molar-refractivity contribution in [3.63, 3.8) is 0 Å². The van der Waals surface area contributed by atoms with E-state index in [1.165, 1.54) is 11.1 Å². The van der Waals surface area contributed by atoms with Gasteiger partial charge in [0.1, 0.15) is 17.9 Å². The zero-order chi connectivity index (χ0) is 20.7. The third-order valence-electron chi connectivity index (χ3n) is 6.53. The molecule has 6 heteroatoms. The molecular formula is C24H24ClN3O2. The first-order valence-corrected chi connectivity index (χ1v) is 11.0. The van der Waals surface area contributed by atoms with Gasteiger partial charge in [0.2, 0.25) is 5.91 Å². The highest BCUT2D eigenvalue weighted by Crippen LogP contribution is 2.40. The first-order valence-electron chi connectivity index (χ1n) is 10.6. The van der Waals surface area contributed by atoms with Crippen LogP contribution in [0.4, 0.5) is 0 Å². The molecule has 3 aliphatic rings. The maximum atomic E-state index is 13.4. The van der Waals surface area contributed by atoms with Gasteiger partial charge >= 0.3 is 0 Å². The van der Waals surface area contributed by atoms with E-state index in [9.17, 15) is 9.59 Å². The SMILES string of the molecule is O=C(CN1C(=O)C(c2ccc(Cl)cc2)=NC12CCCCC2)N1Cc2ccccc2C1. The topological polar surface area (TPSA) is 53.0 Å². The highest BCUT2D eigenvalue weighted by Gasteiger charge is 2.48. The number of benzene rings is 2. The van der Waals surface area contributed by atoms with Crippen LogP contribution in [0.5, 0.6) is 0 Å². The van der Waals surface area contributed by atoms with Crippen molar-refractivity contribution in [1.29, 1.82) is 0 Å². The number of hydrogen-bond acceptors (Lipinski definition) is 3. The van der Waals surface area contributed by atoms with Gasteiger partial charge in [0.15, 0.2) is 0 Å². The van der Waals surface area contributed by atoms with Crippen molar-refractivity contribution < 1.29 is 9.59 Å². The van der Waals surface area contributed by atoms with E-state index in [1.54, 1.807) is 17.0 Å². The summed E-state index contributed by atoms with van der Waals surface area (Å²) in [6.45, 7) is 1.29. The Hall–Kier alpha value is -2.66. The summed E-state index contributed by atoms with van der Waals surface area (Å²) in [7, 11) is 0. The average molecular weight is 422 g/mol. The van der Waals surface area contributed by atoms with Crippen molar-refractivity contribution in [2.24, 2.45) is 4.99 Å². The van der Waals surface area contributed by atoms with E-state index < -0.39 is 5.66 Å². The summed E-state index contributed by atoms with van der Waals surface area (Å²) in [5, 5.41) is 0.623. The average Bonchev–Trinajstić information content (AvgIpc) is 3.30. The molecule has 5 nitrogen and oxygen atoms in total. The molecule has 2 aromatic rings. The molecule has 0 saturated heterocycles. The number of carbonyl (C=O) groups is 2. The molecule has 0 unspecified atom stereocenters. The van der Waals surface area contributed by atoms with Crippen molar-refractivity contribution in [1.82, 2.24) is 9.80 Å². The Morgan fingerprint density at radius 2 is 1.60 bits per heavy atom. The minimum atomic E-state index is -0.591. The minimum Gasteiger partial charge on any atom is -0.332 e. The van der Waals surface area contributed by atoms with Crippen molar-refractivity contribution in [3.8, 4) is 0 Å². The molecule has 0 aromatic heterocycles. The standard InChI is InChI=1S/C24H24ClN3O2/c25-20-10-8-17(9-11-20)22-23(30)28(24(26-22)12-4-1-5-13-24)16-21(29)27-14-18-6-2-3-7-19(18)15-27/h2-3,6-11H,1,4-5,12-16H2. The molecule has 30 heavy (non-hydrogen) atoms. The minimum absolute atomic E-state index is 0.0166. The van der Waals surface area contributed by atoms with E-state index in [4.69, 9.17) is 16.6 Å². The second kappa shape index (κ2) is 7.55. The number of carbonyl (C=O) groups excluding carboxylic acids is 2. The molecule has 2 amide bonds. The van der Waals surface area contributed by atoms with E-state index in [1.807, 2.05) is 29.2 Å². The van der Waals surface area contributed by atoms with Gasteiger partial charge in [-0.15, -0.1) is 0 Å². The number of amides is 2. The summed E-state index contributed by atoms with van der Waals surface area (Å²) in [4.78, 5) is 35.1. The molecule has 0 N–H and O–H groups in total. The number of nitrogens with zero attached hydrogens (tertiary/aromatic N) is 3. The summed E-state index contributed by atoms with van der Waals surface area (Å²) in [5.41, 5.74) is 2.99. The van der Waals surface area contributed by atoms with Gasteiger partial charge in [-0.05, 0) is 48.9 Å². The van der Waals surface area contributed by atoms with Crippen molar-refractivity contribution in [2.45, 2.75) is 50.9 Å². The summed E-state index contributed by atoms with van der Waals surface area (Å²) in [6, 6.07) is 15.3. The molecule has 1 saturated carbocycles. The van der Waals surface area contributed by atoms with Gasteiger partial charge in [-0.3, -0.25) is 14.6 Å². The van der Waals surface area contributed by atoms with E-state index in [0.717, 1.165) is 37.7 Å². The van der Waals surface area contributed by atoms with Crippen LogP contribution in [0, 0.1) is 0 Å². The van der Waals surface area contributed by atoms with E-state index in [-0.39, 0.29) is 18.4 Å². The molecule has 1 spiro atoms. The van der Waals surface area contributed by atoms with E-state index in [0.29, 0.717) is 23.8 Å². The maximum absolute atomic E-state index is 13.4. The van der Waals surface area contributed by atoms with Gasteiger partial charge in [-0.2, -0.15) is 0 Å². The Morgan fingerprint density at radius 3 is 2.23 bits per heavy atom. The molecule has 2 aromatic carbocycles. The zero-order valence-corrected chi connectivity index (χ0v) is 17.6. The smallest absolute Gasteiger partial charge is 0.275 e. The lowest BCUT2D eigenvalue weighted by Crippen LogP contribution is -2.52. The van der Waals surface area contributed by atoms with Crippen molar-refractivity contribution >= 4 is 29.1 Å². The predicted octanol–water partition coefficient (Wildman–Crippen LogP) is 4.17. The first-order chi connectivity index (χ1) is 14.6. The molecule has 1 aliphatic carbocycles. The molecule has 2 heterocycles. The summed E-state index contributed by atoms with van der Waals surface area (Å²) >= 11 is 6.02. The van der Waals surface area contributed by atoms with Crippen LogP contribution >= 0.6 is 11.6 Å². The van der Waals surface area contributed by atoms with Crippen molar-refractivity contribution in [2.75, 3.05) is 6.54 Å². The quantitative estimate of drug-likeness (QED) is 0.746. The number of aliphatic imine (C=N–C) groups is 1. The monoisotopic (exact) mass is 421 g/mol. The van der Waals surface area contributed by atoms with Gasteiger partial charge in [-0.25, -0.2) is 0 Å². The molecule has 0 atom stereocenters. The fourth-order valence-electron chi connectivity index (χ4n) is 4.89. The lowest BCUT2D eigenvalue weighted by Gasteiger charge is -2.39. The van der Waals surface area contributed by atoms with Crippen LogP contribution < -0.4 is 0 Å². The van der Waals surface area contributed by atoms with Crippen LogP contribution in [0.2, 0.25) is 5.02 Å². The lowest BCUT2D eigenvalue weighted by atomic mass is 9.88. The molecule has 0 radical (unpaired) electrons. The maximum Gasteiger partial charge on any atom is 0.275 e. The van der Waals surface area contributed by atoms with Crippen LogP contribution in [-0.2, 0) is 22.7 Å². The van der Waals surface area contributed by atoms with Crippen LogP contribution in [0.15, 0.2) is 53.5 Å². The van der Waals surface area contributed by atoms with Gasteiger partial charge in [0.05, 0.1) is 0 Å². The molecule has 2 aliphatic heterocycles.